The Hall–Kier alpha value is -3.25. The van der Waals surface area contributed by atoms with Gasteiger partial charge in [0.25, 0.3) is 5.91 Å². The number of nitrogens with one attached hydrogen (secondary N) is 1. The van der Waals surface area contributed by atoms with Gasteiger partial charge in [-0.05, 0) is 17.5 Å². The third-order valence-electron chi connectivity index (χ3n) is 7.17. The van der Waals surface area contributed by atoms with Crippen molar-refractivity contribution < 1.29 is 38.4 Å². The Morgan fingerprint density at radius 3 is 2.29 bits per heavy atom. The van der Waals surface area contributed by atoms with Crippen molar-refractivity contribution in [3.63, 3.8) is 0 Å². The molecule has 0 aromatic heterocycles. The van der Waals surface area contributed by atoms with Crippen LogP contribution in [-0.2, 0) is 32.1 Å². The van der Waals surface area contributed by atoms with Crippen molar-refractivity contribution in [2.24, 2.45) is 5.73 Å². The molecule has 0 bridgehead atoms. The summed E-state index contributed by atoms with van der Waals surface area (Å²) in [6, 6.07) is 16.2. The molecule has 4 atom stereocenters. The SMILES string of the molecule is COCCC[C@H](B(O)O)[N+]1(C(=O)[C@H](Cc2ccccc2)NC(=O)OCc2ccccc2)CCC[C@@H]1C(N)=O. The minimum absolute atomic E-state index is 0.0117. The van der Waals surface area contributed by atoms with Crippen LogP contribution in [0.3, 0.4) is 0 Å². The summed E-state index contributed by atoms with van der Waals surface area (Å²) in [6.07, 6.45) is 0.786. The predicted molar refractivity (Wildman–Crippen MR) is 141 cm³/mol. The number of carbonyl (C=O) groups is 3. The number of rotatable bonds is 13. The van der Waals surface area contributed by atoms with Gasteiger partial charge in [0, 0.05) is 39.4 Å². The number of benzene rings is 2. The van der Waals surface area contributed by atoms with E-state index in [-0.39, 0.29) is 26.0 Å². The van der Waals surface area contributed by atoms with Crippen molar-refractivity contribution in [1.29, 1.82) is 0 Å². The van der Waals surface area contributed by atoms with Crippen molar-refractivity contribution in [2.75, 3.05) is 20.3 Å². The van der Waals surface area contributed by atoms with Crippen molar-refractivity contribution >= 4 is 25.0 Å². The summed E-state index contributed by atoms with van der Waals surface area (Å²) < 4.78 is 9.96. The number of quaternary nitrogens is 1. The topological polar surface area (TPSA) is 148 Å². The Morgan fingerprint density at radius 2 is 1.71 bits per heavy atom. The molecule has 3 amide bonds. The highest BCUT2D eigenvalue weighted by molar-refractivity contribution is 6.43. The smallest absolute Gasteiger partial charge is 0.445 e. The molecule has 0 saturated carbocycles. The van der Waals surface area contributed by atoms with E-state index in [4.69, 9.17) is 15.2 Å². The van der Waals surface area contributed by atoms with E-state index in [1.54, 1.807) is 0 Å². The molecule has 204 valence electrons. The lowest BCUT2D eigenvalue weighted by atomic mass is 9.72. The number of primary amides is 1. The summed E-state index contributed by atoms with van der Waals surface area (Å²) in [7, 11) is -0.360. The molecule has 2 aromatic rings. The molecule has 1 aliphatic rings. The third kappa shape index (κ3) is 7.19. The lowest BCUT2D eigenvalue weighted by Crippen LogP contribution is -2.72. The van der Waals surface area contributed by atoms with Crippen LogP contribution in [0.1, 0.15) is 36.8 Å². The van der Waals surface area contributed by atoms with Crippen LogP contribution in [-0.4, -0.2) is 77.8 Å². The van der Waals surface area contributed by atoms with Crippen molar-refractivity contribution in [3.8, 4) is 0 Å². The standard InChI is InChI=1S/C27H36BN3O7/c1-37-17-9-15-24(28(35)36)31(16-8-14-23(31)25(29)32)26(33)22(18-20-10-4-2-5-11-20)30-27(34)38-19-21-12-6-3-7-13-21/h2-7,10-13,22-24,35-36H,8-9,14-19H2,1H3,(H2-,29,30,32,34)/p+1/t22-,23+,24+,31?/m0/s1. The van der Waals surface area contributed by atoms with Crippen LogP contribution < -0.4 is 11.1 Å². The first kappa shape index (κ1) is 29.3. The van der Waals surface area contributed by atoms with Gasteiger partial charge in [-0.25, -0.2) is 14.1 Å². The number of nitrogens with two attached hydrogens (primary N) is 1. The summed E-state index contributed by atoms with van der Waals surface area (Å²) in [6.45, 7) is 0.543. The van der Waals surface area contributed by atoms with Gasteiger partial charge in [-0.3, -0.25) is 4.79 Å². The largest absolute Gasteiger partial charge is 0.516 e. The highest BCUT2D eigenvalue weighted by Crippen LogP contribution is 2.35. The minimum atomic E-state index is -1.89. The monoisotopic (exact) mass is 526 g/mol. The van der Waals surface area contributed by atoms with E-state index in [9.17, 15) is 24.4 Å². The zero-order chi connectivity index (χ0) is 27.5. The summed E-state index contributed by atoms with van der Waals surface area (Å²) in [4.78, 5) is 39.9. The van der Waals surface area contributed by atoms with Crippen LogP contribution in [0, 0.1) is 0 Å². The molecular weight excluding hydrogens is 489 g/mol. The number of hydrogen-bond donors (Lipinski definition) is 4. The van der Waals surface area contributed by atoms with E-state index >= 15 is 0 Å². The molecule has 2 aromatic carbocycles. The number of hydrogen-bond acceptors (Lipinski definition) is 7. The number of amides is 3. The highest BCUT2D eigenvalue weighted by atomic mass is 16.5. The van der Waals surface area contributed by atoms with Crippen LogP contribution >= 0.6 is 0 Å². The fourth-order valence-electron chi connectivity index (χ4n) is 5.43. The second-order valence-electron chi connectivity index (χ2n) is 9.62. The minimum Gasteiger partial charge on any atom is -0.445 e. The van der Waals surface area contributed by atoms with E-state index in [0.29, 0.717) is 25.9 Å². The number of methoxy groups -OCH3 is 1. The predicted octanol–water partition coefficient (Wildman–Crippen LogP) is 1.32. The first-order valence-corrected chi connectivity index (χ1v) is 12.9. The molecule has 3 rings (SSSR count). The molecule has 0 radical (unpaired) electrons. The molecule has 1 saturated heterocycles. The maximum Gasteiger partial charge on any atom is 0.516 e. The molecule has 1 fully saturated rings. The molecule has 38 heavy (non-hydrogen) atoms. The Morgan fingerprint density at radius 1 is 1.08 bits per heavy atom. The van der Waals surface area contributed by atoms with E-state index in [1.165, 1.54) is 7.11 Å². The zero-order valence-corrected chi connectivity index (χ0v) is 21.7. The van der Waals surface area contributed by atoms with E-state index in [0.717, 1.165) is 11.1 Å². The number of carbonyl (C=O) groups excluding carboxylic acids is 3. The number of likely N-dealkylation sites (tertiary alicyclic amines) is 1. The van der Waals surface area contributed by atoms with Crippen LogP contribution in [0.25, 0.3) is 0 Å². The van der Waals surface area contributed by atoms with Gasteiger partial charge in [-0.1, -0.05) is 60.7 Å². The van der Waals surface area contributed by atoms with Gasteiger partial charge in [0.2, 0.25) is 0 Å². The first-order chi connectivity index (χ1) is 18.3. The molecule has 0 aliphatic carbocycles. The zero-order valence-electron chi connectivity index (χ0n) is 21.7. The lowest BCUT2D eigenvalue weighted by Gasteiger charge is -2.44. The number of nitrogens with zero attached hydrogens (tertiary/aromatic N) is 1. The van der Waals surface area contributed by atoms with E-state index < -0.39 is 47.5 Å². The molecule has 5 N–H and O–H groups in total. The fourth-order valence-corrected chi connectivity index (χ4v) is 5.43. The molecule has 1 heterocycles. The molecule has 0 spiro atoms. The Kier molecular flexibility index (Phi) is 10.8. The Balaban J connectivity index is 1.94. The van der Waals surface area contributed by atoms with E-state index in [1.807, 2.05) is 60.7 Å². The summed E-state index contributed by atoms with van der Waals surface area (Å²) in [5.41, 5.74) is 7.33. The van der Waals surface area contributed by atoms with Crippen LogP contribution in [0.4, 0.5) is 4.79 Å². The second kappa shape index (κ2) is 14.1. The Labute approximate surface area is 223 Å². The second-order valence-corrected chi connectivity index (χ2v) is 9.62. The van der Waals surface area contributed by atoms with Crippen molar-refractivity contribution in [3.05, 3.63) is 71.8 Å². The quantitative estimate of drug-likeness (QED) is 0.175. The number of ether oxygens (including phenoxy) is 2. The molecular formula is C27H37BN3O7+. The van der Waals surface area contributed by atoms with Gasteiger partial charge >= 0.3 is 19.1 Å². The average molecular weight is 526 g/mol. The van der Waals surface area contributed by atoms with Gasteiger partial charge in [-0.2, -0.15) is 0 Å². The van der Waals surface area contributed by atoms with Gasteiger partial charge in [-0.15, -0.1) is 0 Å². The van der Waals surface area contributed by atoms with E-state index in [2.05, 4.69) is 5.32 Å². The van der Waals surface area contributed by atoms with Crippen LogP contribution in [0.5, 0.6) is 0 Å². The summed E-state index contributed by atoms with van der Waals surface area (Å²) in [5, 5.41) is 23.6. The van der Waals surface area contributed by atoms with Gasteiger partial charge in [0.15, 0.2) is 12.1 Å². The average Bonchev–Trinajstić information content (AvgIpc) is 3.36. The fraction of sp³-hybridized carbons (Fsp3) is 0.444. The molecule has 1 aliphatic heterocycles. The summed E-state index contributed by atoms with van der Waals surface area (Å²) in [5.74, 6) is -2.24. The normalized spacial score (nSPS) is 20.3. The summed E-state index contributed by atoms with van der Waals surface area (Å²) >= 11 is 0. The van der Waals surface area contributed by atoms with Crippen molar-refractivity contribution in [2.45, 2.75) is 56.7 Å². The molecule has 11 heteroatoms. The van der Waals surface area contributed by atoms with Crippen LogP contribution in [0.15, 0.2) is 60.7 Å². The molecule has 1 unspecified atom stereocenters. The van der Waals surface area contributed by atoms with Gasteiger partial charge in [0.1, 0.15) is 12.5 Å². The maximum absolute atomic E-state index is 14.4. The first-order valence-electron chi connectivity index (χ1n) is 12.9. The molecule has 10 nitrogen and oxygen atoms in total. The lowest BCUT2D eigenvalue weighted by molar-refractivity contribution is -0.873. The van der Waals surface area contributed by atoms with Gasteiger partial charge in [0.05, 0.1) is 6.54 Å². The van der Waals surface area contributed by atoms with Crippen molar-refractivity contribution in [1.82, 2.24) is 5.32 Å². The third-order valence-corrected chi connectivity index (χ3v) is 7.17. The van der Waals surface area contributed by atoms with Crippen LogP contribution in [0.2, 0.25) is 0 Å². The Bertz CT molecular complexity index is 1060. The van der Waals surface area contributed by atoms with Gasteiger partial charge < -0.3 is 30.6 Å². The number of alkyl carbamates (subject to hydrolysis) is 1. The maximum atomic E-state index is 14.4. The highest BCUT2D eigenvalue weighted by Gasteiger charge is 2.60.